The molecule has 1 aliphatic rings. The summed E-state index contributed by atoms with van der Waals surface area (Å²) in [4.78, 5) is 12.1. The summed E-state index contributed by atoms with van der Waals surface area (Å²) in [6.45, 7) is 1.93. The van der Waals surface area contributed by atoms with E-state index in [1.54, 1.807) is 0 Å². The average molecular weight is 194 g/mol. The number of carbonyl (C=O) groups excluding carboxylic acids is 1. The second-order valence-electron chi connectivity index (χ2n) is 3.04. The van der Waals surface area contributed by atoms with E-state index in [-0.39, 0.29) is 5.91 Å². The van der Waals surface area contributed by atoms with Gasteiger partial charge in [0, 0.05) is 10.6 Å². The van der Waals surface area contributed by atoms with Gasteiger partial charge in [0.1, 0.15) is 0 Å². The first kappa shape index (κ1) is 8.44. The summed E-state index contributed by atoms with van der Waals surface area (Å²) >= 11 is 1.53. The van der Waals surface area contributed by atoms with Gasteiger partial charge in [0.2, 0.25) is 5.91 Å². The van der Waals surface area contributed by atoms with Crippen LogP contribution in [0.3, 0.4) is 0 Å². The fraction of sp³-hybridized carbons (Fsp3) is 0.222. The van der Waals surface area contributed by atoms with Gasteiger partial charge in [-0.2, -0.15) is 0 Å². The first-order chi connectivity index (χ1) is 6.16. The van der Waals surface area contributed by atoms with Crippen LogP contribution in [0.15, 0.2) is 17.0 Å². The van der Waals surface area contributed by atoms with Crippen molar-refractivity contribution in [2.24, 2.45) is 0 Å². The molecule has 4 heteroatoms. The van der Waals surface area contributed by atoms with Crippen LogP contribution in [0.4, 0.5) is 11.4 Å². The second kappa shape index (κ2) is 2.96. The number of aryl methyl sites for hydroxylation is 1. The van der Waals surface area contributed by atoms with E-state index in [1.807, 2.05) is 19.1 Å². The van der Waals surface area contributed by atoms with Crippen LogP contribution in [0.25, 0.3) is 0 Å². The van der Waals surface area contributed by atoms with Crippen molar-refractivity contribution in [3.63, 3.8) is 0 Å². The lowest BCUT2D eigenvalue weighted by Crippen LogP contribution is -2.18. The van der Waals surface area contributed by atoms with E-state index in [0.29, 0.717) is 5.75 Å². The number of hydrogen-bond acceptors (Lipinski definition) is 3. The Bertz CT molecular complexity index is 376. The van der Waals surface area contributed by atoms with Gasteiger partial charge in [0.05, 0.1) is 11.4 Å². The molecule has 1 aliphatic heterocycles. The van der Waals surface area contributed by atoms with Crippen molar-refractivity contribution in [1.82, 2.24) is 0 Å². The van der Waals surface area contributed by atoms with Gasteiger partial charge >= 0.3 is 0 Å². The highest BCUT2D eigenvalue weighted by atomic mass is 32.2. The Morgan fingerprint density at radius 1 is 1.54 bits per heavy atom. The lowest BCUT2D eigenvalue weighted by Gasteiger charge is -2.17. The summed E-state index contributed by atoms with van der Waals surface area (Å²) < 4.78 is 0. The third-order valence-electron chi connectivity index (χ3n) is 2.00. The zero-order valence-electron chi connectivity index (χ0n) is 7.26. The fourth-order valence-corrected chi connectivity index (χ4v) is 2.09. The summed E-state index contributed by atoms with van der Waals surface area (Å²) in [6, 6.07) is 3.82. The number of hydrogen-bond donors (Lipinski definition) is 2. The van der Waals surface area contributed by atoms with Gasteiger partial charge in [0.15, 0.2) is 0 Å². The third-order valence-corrected chi connectivity index (χ3v) is 3.06. The normalized spacial score (nSPS) is 15.0. The molecule has 0 bridgehead atoms. The minimum Gasteiger partial charge on any atom is -0.398 e. The van der Waals surface area contributed by atoms with Gasteiger partial charge in [-0.05, 0) is 24.6 Å². The molecular formula is C9H10N2OS. The molecule has 0 aliphatic carbocycles. The molecule has 0 unspecified atom stereocenters. The summed E-state index contributed by atoms with van der Waals surface area (Å²) in [5.41, 5.74) is 8.42. The Balaban J connectivity index is 2.49. The van der Waals surface area contributed by atoms with Crippen molar-refractivity contribution in [2.45, 2.75) is 11.8 Å². The molecule has 0 aromatic heterocycles. The zero-order chi connectivity index (χ0) is 9.42. The summed E-state index contributed by atoms with van der Waals surface area (Å²) in [7, 11) is 0. The molecule has 0 fully saturated rings. The third kappa shape index (κ3) is 1.49. The quantitative estimate of drug-likeness (QED) is 0.617. The number of anilines is 2. The highest BCUT2D eigenvalue weighted by molar-refractivity contribution is 8.00. The number of amides is 1. The number of nitrogen functional groups attached to an aromatic ring is 1. The molecule has 0 saturated carbocycles. The molecule has 0 spiro atoms. The molecule has 0 saturated heterocycles. The monoisotopic (exact) mass is 194 g/mol. The maximum atomic E-state index is 11.1. The molecule has 68 valence electrons. The molecule has 1 amide bonds. The molecule has 2 rings (SSSR count). The summed E-state index contributed by atoms with van der Waals surface area (Å²) in [5.74, 6) is 0.539. The SMILES string of the molecule is Cc1cc2c(cc1N)SCC(=O)N2. The Kier molecular flexibility index (Phi) is 1.92. The van der Waals surface area contributed by atoms with Crippen molar-refractivity contribution < 1.29 is 4.79 Å². The Morgan fingerprint density at radius 2 is 2.31 bits per heavy atom. The van der Waals surface area contributed by atoms with Crippen LogP contribution in [0.2, 0.25) is 0 Å². The number of fused-ring (bicyclic) bond motifs is 1. The van der Waals surface area contributed by atoms with Crippen LogP contribution < -0.4 is 11.1 Å². The van der Waals surface area contributed by atoms with E-state index >= 15 is 0 Å². The maximum absolute atomic E-state index is 11.1. The average Bonchev–Trinajstić information content (AvgIpc) is 2.08. The molecule has 1 heterocycles. The lowest BCUT2D eigenvalue weighted by molar-refractivity contribution is -0.113. The van der Waals surface area contributed by atoms with Gasteiger partial charge in [-0.1, -0.05) is 0 Å². The Hall–Kier alpha value is -1.16. The predicted octanol–water partition coefficient (Wildman–Crippen LogP) is 1.62. The molecule has 3 N–H and O–H groups in total. The van der Waals surface area contributed by atoms with Gasteiger partial charge < -0.3 is 11.1 Å². The largest absolute Gasteiger partial charge is 0.398 e. The molecule has 1 aromatic rings. The zero-order valence-corrected chi connectivity index (χ0v) is 8.07. The van der Waals surface area contributed by atoms with Crippen molar-refractivity contribution >= 4 is 29.0 Å². The molecular weight excluding hydrogens is 184 g/mol. The van der Waals surface area contributed by atoms with E-state index in [0.717, 1.165) is 21.8 Å². The van der Waals surface area contributed by atoms with E-state index < -0.39 is 0 Å². The smallest absolute Gasteiger partial charge is 0.234 e. The molecule has 13 heavy (non-hydrogen) atoms. The standard InChI is InChI=1S/C9H10N2OS/c1-5-2-7-8(3-6(5)10)13-4-9(12)11-7/h2-3H,4,10H2,1H3,(H,11,12). The van der Waals surface area contributed by atoms with Crippen LogP contribution in [0.1, 0.15) is 5.56 Å². The van der Waals surface area contributed by atoms with Gasteiger partial charge in [-0.25, -0.2) is 0 Å². The van der Waals surface area contributed by atoms with Crippen LogP contribution >= 0.6 is 11.8 Å². The van der Waals surface area contributed by atoms with Crippen LogP contribution in [0.5, 0.6) is 0 Å². The van der Waals surface area contributed by atoms with Gasteiger partial charge in [0.25, 0.3) is 0 Å². The highest BCUT2D eigenvalue weighted by Gasteiger charge is 2.15. The van der Waals surface area contributed by atoms with Crippen LogP contribution in [-0.4, -0.2) is 11.7 Å². The minimum atomic E-state index is 0.0571. The lowest BCUT2D eigenvalue weighted by atomic mass is 10.2. The number of rotatable bonds is 0. The Morgan fingerprint density at radius 3 is 3.08 bits per heavy atom. The summed E-state index contributed by atoms with van der Waals surface area (Å²) in [5, 5.41) is 2.81. The summed E-state index contributed by atoms with van der Waals surface area (Å²) in [6.07, 6.45) is 0. The van der Waals surface area contributed by atoms with E-state index in [4.69, 9.17) is 5.73 Å². The first-order valence-corrected chi connectivity index (χ1v) is 4.98. The van der Waals surface area contributed by atoms with E-state index in [9.17, 15) is 4.79 Å². The van der Waals surface area contributed by atoms with Crippen molar-refractivity contribution in [1.29, 1.82) is 0 Å². The highest BCUT2D eigenvalue weighted by Crippen LogP contribution is 2.34. The van der Waals surface area contributed by atoms with Crippen molar-refractivity contribution in [3.8, 4) is 0 Å². The minimum absolute atomic E-state index is 0.0571. The van der Waals surface area contributed by atoms with Crippen molar-refractivity contribution in [3.05, 3.63) is 17.7 Å². The van der Waals surface area contributed by atoms with Gasteiger partial charge in [-0.15, -0.1) is 11.8 Å². The van der Waals surface area contributed by atoms with E-state index in [1.165, 1.54) is 11.8 Å². The molecule has 0 radical (unpaired) electrons. The van der Waals surface area contributed by atoms with Crippen LogP contribution in [0, 0.1) is 6.92 Å². The predicted molar refractivity (Wildman–Crippen MR) is 54.9 cm³/mol. The Labute approximate surface area is 80.7 Å². The molecule has 1 aromatic carbocycles. The fourth-order valence-electron chi connectivity index (χ4n) is 1.25. The van der Waals surface area contributed by atoms with Crippen LogP contribution in [-0.2, 0) is 4.79 Å². The molecule has 3 nitrogen and oxygen atoms in total. The number of thioether (sulfide) groups is 1. The second-order valence-corrected chi connectivity index (χ2v) is 4.06. The number of carbonyl (C=O) groups is 1. The van der Waals surface area contributed by atoms with E-state index in [2.05, 4.69) is 5.32 Å². The first-order valence-electron chi connectivity index (χ1n) is 3.99. The topological polar surface area (TPSA) is 55.1 Å². The van der Waals surface area contributed by atoms with Gasteiger partial charge in [-0.3, -0.25) is 4.79 Å². The van der Waals surface area contributed by atoms with Crippen molar-refractivity contribution in [2.75, 3.05) is 16.8 Å². The number of nitrogens with two attached hydrogens (primary N) is 1. The maximum Gasteiger partial charge on any atom is 0.234 e. The number of benzene rings is 1. The molecule has 0 atom stereocenters. The number of nitrogens with one attached hydrogen (secondary N) is 1.